The fourth-order valence-electron chi connectivity index (χ4n) is 1.75. The standard InChI is InChI=1S/C17H14ClFN2O3/c1-11(17(23)21-14-7-4-10-20-16(14)18)24-15(22)9-8-12-5-2-3-6-13(12)19/h2-11H,1H3,(H,21,23)/b9-8+/t11-/m0/s1. The van der Waals surface area contributed by atoms with Gasteiger partial charge in [-0.3, -0.25) is 4.79 Å². The first kappa shape index (κ1) is 17.6. The van der Waals surface area contributed by atoms with Crippen molar-refractivity contribution in [2.24, 2.45) is 0 Å². The molecule has 124 valence electrons. The second-order valence-corrected chi connectivity index (χ2v) is 5.12. The number of esters is 1. The lowest BCUT2D eigenvalue weighted by Crippen LogP contribution is -2.29. The predicted octanol–water partition coefficient (Wildman–Crippen LogP) is 3.46. The highest BCUT2D eigenvalue weighted by atomic mass is 35.5. The predicted molar refractivity (Wildman–Crippen MR) is 88.9 cm³/mol. The Bertz CT molecular complexity index is 780. The Morgan fingerprint density at radius 3 is 2.75 bits per heavy atom. The van der Waals surface area contributed by atoms with Crippen LogP contribution in [0, 0.1) is 5.82 Å². The molecular weight excluding hydrogens is 335 g/mol. The molecule has 0 aliphatic heterocycles. The van der Waals surface area contributed by atoms with E-state index in [0.717, 1.165) is 6.08 Å². The van der Waals surface area contributed by atoms with E-state index >= 15 is 0 Å². The highest BCUT2D eigenvalue weighted by Gasteiger charge is 2.17. The number of amides is 1. The molecule has 0 spiro atoms. The van der Waals surface area contributed by atoms with Crippen LogP contribution < -0.4 is 5.32 Å². The monoisotopic (exact) mass is 348 g/mol. The van der Waals surface area contributed by atoms with Crippen molar-refractivity contribution in [3.05, 3.63) is 65.2 Å². The van der Waals surface area contributed by atoms with Crippen molar-refractivity contribution < 1.29 is 18.7 Å². The Kier molecular flexibility index (Phi) is 6.03. The molecule has 7 heteroatoms. The summed E-state index contributed by atoms with van der Waals surface area (Å²) in [5.41, 5.74) is 0.558. The van der Waals surface area contributed by atoms with Gasteiger partial charge in [0.15, 0.2) is 11.3 Å². The number of carbonyl (C=O) groups excluding carboxylic acids is 2. The molecule has 1 N–H and O–H groups in total. The molecule has 0 saturated heterocycles. The quantitative estimate of drug-likeness (QED) is 0.510. The Labute approximate surface area is 143 Å². The van der Waals surface area contributed by atoms with Gasteiger partial charge in [0, 0.05) is 17.8 Å². The maximum atomic E-state index is 13.4. The number of aromatic nitrogens is 1. The minimum atomic E-state index is -1.06. The van der Waals surface area contributed by atoms with Crippen LogP contribution in [0.1, 0.15) is 12.5 Å². The zero-order chi connectivity index (χ0) is 17.5. The van der Waals surface area contributed by atoms with Gasteiger partial charge in [-0.1, -0.05) is 29.8 Å². The number of hydrogen-bond donors (Lipinski definition) is 1. The van der Waals surface area contributed by atoms with Crippen LogP contribution in [-0.4, -0.2) is 23.0 Å². The van der Waals surface area contributed by atoms with E-state index in [1.54, 1.807) is 24.3 Å². The van der Waals surface area contributed by atoms with E-state index in [1.165, 1.54) is 31.3 Å². The average molecular weight is 349 g/mol. The van der Waals surface area contributed by atoms with Crippen LogP contribution in [0.5, 0.6) is 0 Å². The molecule has 24 heavy (non-hydrogen) atoms. The average Bonchev–Trinajstić information content (AvgIpc) is 2.56. The number of rotatable bonds is 5. The van der Waals surface area contributed by atoms with Gasteiger partial charge in [-0.25, -0.2) is 14.2 Å². The Morgan fingerprint density at radius 1 is 1.29 bits per heavy atom. The molecule has 0 fully saturated rings. The number of carbonyl (C=O) groups is 2. The lowest BCUT2D eigenvalue weighted by atomic mass is 10.2. The molecule has 1 heterocycles. The zero-order valence-electron chi connectivity index (χ0n) is 12.7. The summed E-state index contributed by atoms with van der Waals surface area (Å²) in [6, 6.07) is 9.15. The molecule has 0 saturated carbocycles. The van der Waals surface area contributed by atoms with Gasteiger partial charge in [-0.05, 0) is 31.2 Å². The van der Waals surface area contributed by atoms with Crippen LogP contribution in [0.4, 0.5) is 10.1 Å². The maximum Gasteiger partial charge on any atom is 0.331 e. The molecule has 1 atom stereocenters. The van der Waals surface area contributed by atoms with Gasteiger partial charge in [0.05, 0.1) is 5.69 Å². The highest BCUT2D eigenvalue weighted by Crippen LogP contribution is 2.17. The van der Waals surface area contributed by atoms with Crippen molar-refractivity contribution in [3.8, 4) is 0 Å². The Hall–Kier alpha value is -2.73. The van der Waals surface area contributed by atoms with Crippen LogP contribution in [0.2, 0.25) is 5.15 Å². The third-order valence-corrected chi connectivity index (χ3v) is 3.28. The number of ether oxygens (including phenoxy) is 1. The molecule has 1 aromatic heterocycles. The van der Waals surface area contributed by atoms with Gasteiger partial charge in [0.25, 0.3) is 5.91 Å². The molecule has 5 nitrogen and oxygen atoms in total. The highest BCUT2D eigenvalue weighted by molar-refractivity contribution is 6.32. The molecular formula is C17H14ClFN2O3. The Balaban J connectivity index is 1.92. The first-order chi connectivity index (χ1) is 11.5. The summed E-state index contributed by atoms with van der Waals surface area (Å²) in [6.07, 6.45) is 2.76. The normalized spacial score (nSPS) is 12.0. The number of halogens is 2. The molecule has 1 aromatic carbocycles. The molecule has 2 aromatic rings. The van der Waals surface area contributed by atoms with E-state index in [-0.39, 0.29) is 10.7 Å². The van der Waals surface area contributed by atoms with Gasteiger partial charge >= 0.3 is 5.97 Å². The molecule has 1 amide bonds. The van der Waals surface area contributed by atoms with E-state index < -0.39 is 23.8 Å². The minimum absolute atomic E-state index is 0.129. The summed E-state index contributed by atoms with van der Waals surface area (Å²) in [4.78, 5) is 27.5. The van der Waals surface area contributed by atoms with E-state index in [1.807, 2.05) is 0 Å². The van der Waals surface area contributed by atoms with Crippen LogP contribution >= 0.6 is 11.6 Å². The lowest BCUT2D eigenvalue weighted by Gasteiger charge is -2.12. The summed E-state index contributed by atoms with van der Waals surface area (Å²) in [6.45, 7) is 1.41. The van der Waals surface area contributed by atoms with Gasteiger partial charge < -0.3 is 10.1 Å². The molecule has 2 rings (SSSR count). The first-order valence-corrected chi connectivity index (χ1v) is 7.40. The minimum Gasteiger partial charge on any atom is -0.449 e. The van der Waals surface area contributed by atoms with Gasteiger partial charge in [0.1, 0.15) is 5.82 Å². The van der Waals surface area contributed by atoms with E-state index in [0.29, 0.717) is 5.69 Å². The van der Waals surface area contributed by atoms with Crippen molar-refractivity contribution in [1.82, 2.24) is 4.98 Å². The second kappa shape index (κ2) is 8.21. The van der Waals surface area contributed by atoms with Crippen LogP contribution in [-0.2, 0) is 14.3 Å². The SMILES string of the molecule is C[C@H](OC(=O)/C=C/c1ccccc1F)C(=O)Nc1cccnc1Cl. The number of nitrogens with one attached hydrogen (secondary N) is 1. The lowest BCUT2D eigenvalue weighted by molar-refractivity contribution is -0.148. The van der Waals surface area contributed by atoms with Gasteiger partial charge in [-0.2, -0.15) is 0 Å². The third kappa shape index (κ3) is 4.89. The fraction of sp³-hybridized carbons (Fsp3) is 0.118. The van der Waals surface area contributed by atoms with Crippen molar-refractivity contribution >= 4 is 35.2 Å². The van der Waals surface area contributed by atoms with Gasteiger partial charge in [0.2, 0.25) is 0 Å². The van der Waals surface area contributed by atoms with Crippen LogP contribution in [0.3, 0.4) is 0 Å². The fourth-order valence-corrected chi connectivity index (χ4v) is 1.92. The van der Waals surface area contributed by atoms with Crippen molar-refractivity contribution in [2.75, 3.05) is 5.32 Å². The molecule has 0 aliphatic carbocycles. The molecule has 0 radical (unpaired) electrons. The van der Waals surface area contributed by atoms with E-state index in [4.69, 9.17) is 16.3 Å². The van der Waals surface area contributed by atoms with E-state index in [9.17, 15) is 14.0 Å². The number of pyridine rings is 1. The number of anilines is 1. The smallest absolute Gasteiger partial charge is 0.331 e. The summed E-state index contributed by atoms with van der Waals surface area (Å²) in [7, 11) is 0. The molecule has 0 bridgehead atoms. The number of benzene rings is 1. The zero-order valence-corrected chi connectivity index (χ0v) is 13.5. The Morgan fingerprint density at radius 2 is 2.04 bits per heavy atom. The van der Waals surface area contributed by atoms with Crippen LogP contribution in [0.25, 0.3) is 6.08 Å². The summed E-state index contributed by atoms with van der Waals surface area (Å²) >= 11 is 5.83. The summed E-state index contributed by atoms with van der Waals surface area (Å²) in [5.74, 6) is -1.78. The molecule has 0 unspecified atom stereocenters. The van der Waals surface area contributed by atoms with E-state index in [2.05, 4.69) is 10.3 Å². The topological polar surface area (TPSA) is 68.3 Å². The first-order valence-electron chi connectivity index (χ1n) is 7.02. The molecule has 0 aliphatic rings. The summed E-state index contributed by atoms with van der Waals surface area (Å²) in [5, 5.41) is 2.63. The van der Waals surface area contributed by atoms with Crippen molar-refractivity contribution in [2.45, 2.75) is 13.0 Å². The van der Waals surface area contributed by atoms with Crippen molar-refractivity contribution in [1.29, 1.82) is 0 Å². The number of hydrogen-bond acceptors (Lipinski definition) is 4. The van der Waals surface area contributed by atoms with Crippen molar-refractivity contribution in [3.63, 3.8) is 0 Å². The number of nitrogens with zero attached hydrogens (tertiary/aromatic N) is 1. The van der Waals surface area contributed by atoms with Gasteiger partial charge in [-0.15, -0.1) is 0 Å². The summed E-state index contributed by atoms with van der Waals surface area (Å²) < 4.78 is 18.4. The van der Waals surface area contributed by atoms with Crippen LogP contribution in [0.15, 0.2) is 48.7 Å². The largest absolute Gasteiger partial charge is 0.449 e. The third-order valence-electron chi connectivity index (χ3n) is 2.98. The second-order valence-electron chi connectivity index (χ2n) is 4.76. The maximum absolute atomic E-state index is 13.4.